The highest BCUT2D eigenvalue weighted by atomic mass is 79.9. The predicted octanol–water partition coefficient (Wildman–Crippen LogP) is 7.14. The highest BCUT2D eigenvalue weighted by molar-refractivity contribution is 9.26. The van der Waals surface area contributed by atoms with E-state index >= 15 is 0 Å². The molecule has 19 heteroatoms. The van der Waals surface area contributed by atoms with Gasteiger partial charge < -0.3 is 0 Å². The van der Waals surface area contributed by atoms with Crippen molar-refractivity contribution in [1.82, 2.24) is 0 Å². The fraction of sp³-hybridized carbons (Fsp3) is 1.00. The van der Waals surface area contributed by atoms with Crippen LogP contribution in [0.4, 0.5) is 74.6 Å². The fourth-order valence-electron chi connectivity index (χ4n) is 1.54. The third kappa shape index (κ3) is 3.50. The molecule has 176 valence electrons. The second-order valence-electron chi connectivity index (χ2n) is 5.99. The zero-order chi connectivity index (χ0) is 24.5. The van der Waals surface area contributed by atoms with Gasteiger partial charge in [0.2, 0.25) is 6.69 Å². The Kier molecular flexibility index (Phi) is 6.64. The van der Waals surface area contributed by atoms with E-state index in [1.807, 2.05) is 0 Å². The van der Waals surface area contributed by atoms with Gasteiger partial charge in [-0.1, -0.05) is 13.1 Å². The minimum Gasteiger partial charge on any atom is -0.204 e. The van der Waals surface area contributed by atoms with E-state index in [2.05, 4.69) is 0 Å². The third-order valence-electron chi connectivity index (χ3n) is 3.47. The zero-order valence-electron chi connectivity index (χ0n) is 13.3. The molecule has 0 fully saturated rings. The van der Waals surface area contributed by atoms with Crippen molar-refractivity contribution in [1.29, 1.82) is 0 Å². The van der Waals surface area contributed by atoms with Crippen LogP contribution < -0.4 is 0 Å². The molecule has 0 nitrogen and oxygen atoms in total. The second kappa shape index (κ2) is 6.75. The molecule has 0 atom stereocenters. The molecule has 0 rings (SSSR count). The average Bonchev–Trinajstić information content (AvgIpc) is 2.43. The van der Waals surface area contributed by atoms with Gasteiger partial charge in [-0.15, -0.1) is 15.3 Å². The minimum absolute atomic E-state index is 0.0552. The molecule has 0 aromatic carbocycles. The van der Waals surface area contributed by atoms with Crippen LogP contribution in [0.1, 0.15) is 0 Å². The molecule has 0 aliphatic heterocycles. The van der Waals surface area contributed by atoms with E-state index in [-0.39, 0.29) is 13.1 Å². The number of alkyl halides is 17. The van der Waals surface area contributed by atoms with Gasteiger partial charge in [0.25, 0.3) is 0 Å². The summed E-state index contributed by atoms with van der Waals surface area (Å²) in [5.41, 5.74) is -6.31. The second-order valence-corrected chi connectivity index (χ2v) is 15.5. The van der Waals surface area contributed by atoms with Gasteiger partial charge in [-0.25, -0.2) is 8.78 Å². The molecule has 0 aliphatic rings. The van der Waals surface area contributed by atoms with Gasteiger partial charge in [0.05, 0.1) is 0 Å². The fourth-order valence-corrected chi connectivity index (χ4v) is 3.19. The zero-order valence-corrected chi connectivity index (χ0v) is 15.9. The van der Waals surface area contributed by atoms with Gasteiger partial charge in [0.15, 0.2) is 0 Å². The molecule has 0 amide bonds. The Morgan fingerprint density at radius 2 is 0.621 bits per heavy atom. The molecule has 0 radical (unpaired) electrons. The number of rotatable bonds is 7. The van der Waals surface area contributed by atoms with E-state index in [0.29, 0.717) is 0 Å². The summed E-state index contributed by atoms with van der Waals surface area (Å²) in [4.78, 5) is 0. The van der Waals surface area contributed by atoms with Crippen molar-refractivity contribution in [3.63, 3.8) is 0 Å². The van der Waals surface area contributed by atoms with E-state index in [0.717, 1.165) is 0 Å². The summed E-state index contributed by atoms with van der Waals surface area (Å²) < 4.78 is 220. The minimum atomic E-state index is -8.58. The Bertz CT molecular complexity index is 561. The SMILES string of the molecule is C[Si](C)(Br)C(F)(F)C(F)(F)C(F)(F)C(F)(F)C(F)(F)C(F)(F)C(F)(F)C(F)(F)F. The van der Waals surface area contributed by atoms with Crippen LogP contribution in [0.25, 0.3) is 0 Å². The van der Waals surface area contributed by atoms with Crippen molar-refractivity contribution in [2.75, 3.05) is 0 Å². The maximum absolute atomic E-state index is 13.5. The molecule has 0 saturated heterocycles. The van der Waals surface area contributed by atoms with E-state index in [9.17, 15) is 74.6 Å². The Morgan fingerprint density at radius 3 is 0.828 bits per heavy atom. The Balaban J connectivity index is 6.82. The lowest BCUT2D eigenvalue weighted by atomic mass is 9.91. The molecule has 0 bridgehead atoms. The van der Waals surface area contributed by atoms with Crippen LogP contribution in [0.2, 0.25) is 13.1 Å². The van der Waals surface area contributed by atoms with Gasteiger partial charge >= 0.3 is 47.3 Å². The van der Waals surface area contributed by atoms with Crippen molar-refractivity contribution in [2.24, 2.45) is 0 Å². The summed E-state index contributed by atoms with van der Waals surface area (Å²) in [7, 11) is 0. The van der Waals surface area contributed by atoms with Gasteiger partial charge in [-0.3, -0.25) is 0 Å². The summed E-state index contributed by atoms with van der Waals surface area (Å²) in [6, 6.07) is 0. The summed E-state index contributed by atoms with van der Waals surface area (Å²) in [6.45, 7) is -5.11. The van der Waals surface area contributed by atoms with Crippen molar-refractivity contribution in [3.8, 4) is 0 Å². The van der Waals surface area contributed by atoms with Crippen LogP contribution in [0.3, 0.4) is 0 Å². The summed E-state index contributed by atoms with van der Waals surface area (Å²) in [5.74, 6) is -49.5. The van der Waals surface area contributed by atoms with Crippen molar-refractivity contribution >= 4 is 22.0 Å². The summed E-state index contributed by atoms with van der Waals surface area (Å²) >= 11 is 1.77. The Labute approximate surface area is 158 Å². The normalized spacial score (nSPS) is 17.0. The molecule has 0 aromatic rings. The first-order valence-corrected chi connectivity index (χ1v) is 11.7. The summed E-state index contributed by atoms with van der Waals surface area (Å²) in [6.07, 6.45) is -7.75. The molecule has 0 unspecified atom stereocenters. The third-order valence-corrected chi connectivity index (χ3v) is 6.77. The van der Waals surface area contributed by atoms with Gasteiger partial charge in [0.1, 0.15) is 0 Å². The average molecular weight is 557 g/mol. The number of halogens is 18. The molecule has 0 aromatic heterocycles. The number of hydrogen-bond acceptors (Lipinski definition) is 0. The first-order chi connectivity index (χ1) is 12.0. The lowest BCUT2D eigenvalue weighted by Gasteiger charge is -2.44. The molecule has 29 heavy (non-hydrogen) atoms. The molecule has 0 heterocycles. The monoisotopic (exact) mass is 556 g/mol. The molecule has 0 saturated carbocycles. The highest BCUT2D eigenvalue weighted by Crippen LogP contribution is 2.64. The highest BCUT2D eigenvalue weighted by Gasteiger charge is 2.95. The van der Waals surface area contributed by atoms with E-state index in [4.69, 9.17) is 0 Å². The predicted molar refractivity (Wildman–Crippen MR) is 67.1 cm³/mol. The standard InChI is InChI=1S/C10H6BrF17Si/c1-29(2,11)10(27,28)8(22,23)6(18,19)4(14,15)3(12,13)5(16,17)7(20,21)9(24,25)26/h1-2H3. The maximum Gasteiger partial charge on any atom is 0.460 e. The van der Waals surface area contributed by atoms with Gasteiger partial charge in [-0.2, -0.15) is 65.9 Å². The number of hydrogen-bond donors (Lipinski definition) is 0. The van der Waals surface area contributed by atoms with E-state index in [1.165, 1.54) is 0 Å². The van der Waals surface area contributed by atoms with Crippen molar-refractivity contribution in [2.45, 2.75) is 60.4 Å². The van der Waals surface area contributed by atoms with Crippen LogP contribution >= 0.6 is 15.3 Å². The smallest absolute Gasteiger partial charge is 0.204 e. The lowest BCUT2D eigenvalue weighted by Crippen LogP contribution is -2.76. The molecular formula is C10H6BrF17Si. The maximum atomic E-state index is 13.5. The van der Waals surface area contributed by atoms with Crippen LogP contribution in [-0.2, 0) is 0 Å². The van der Waals surface area contributed by atoms with E-state index in [1.54, 1.807) is 15.3 Å². The Hall–Kier alpha value is -0.493. The quantitative estimate of drug-likeness (QED) is 0.178. The topological polar surface area (TPSA) is 0 Å². The van der Waals surface area contributed by atoms with Gasteiger partial charge in [0, 0.05) is 0 Å². The Morgan fingerprint density at radius 1 is 0.414 bits per heavy atom. The molecule has 0 N–H and O–H groups in total. The van der Waals surface area contributed by atoms with Crippen LogP contribution in [0.5, 0.6) is 0 Å². The molecular weight excluding hydrogens is 551 g/mol. The first-order valence-electron chi connectivity index (χ1n) is 6.40. The summed E-state index contributed by atoms with van der Waals surface area (Å²) in [5, 5.41) is 0. The van der Waals surface area contributed by atoms with Crippen molar-refractivity contribution in [3.05, 3.63) is 0 Å². The molecule has 0 aliphatic carbocycles. The van der Waals surface area contributed by atoms with Crippen LogP contribution in [0, 0.1) is 0 Å². The van der Waals surface area contributed by atoms with Crippen LogP contribution in [-0.4, -0.2) is 54.0 Å². The van der Waals surface area contributed by atoms with Crippen LogP contribution in [0.15, 0.2) is 0 Å². The first kappa shape index (κ1) is 28.5. The molecule has 0 spiro atoms. The lowest BCUT2D eigenvalue weighted by molar-refractivity contribution is -0.458. The van der Waals surface area contributed by atoms with E-state index < -0.39 is 54.0 Å². The van der Waals surface area contributed by atoms with Crippen molar-refractivity contribution < 1.29 is 74.6 Å². The van der Waals surface area contributed by atoms with Gasteiger partial charge in [-0.05, 0) is 0 Å². The largest absolute Gasteiger partial charge is 0.460 e.